The molecule has 3 aromatic rings. The number of amides is 1. The van der Waals surface area contributed by atoms with E-state index in [-0.39, 0.29) is 11.9 Å². The number of ether oxygens (including phenoxy) is 1. The van der Waals surface area contributed by atoms with E-state index in [1.54, 1.807) is 13.4 Å². The van der Waals surface area contributed by atoms with E-state index in [0.717, 1.165) is 52.8 Å². The van der Waals surface area contributed by atoms with Gasteiger partial charge in [0.1, 0.15) is 11.3 Å². The van der Waals surface area contributed by atoms with Crippen LogP contribution in [0.15, 0.2) is 53.1 Å². The number of methoxy groups -OCH3 is 1. The molecule has 1 amide bonds. The molecule has 1 fully saturated rings. The molecule has 1 aliphatic heterocycles. The minimum absolute atomic E-state index is 0.0825. The molecule has 0 N–H and O–H groups in total. The molecular formula is C22H23NO3. The van der Waals surface area contributed by atoms with Gasteiger partial charge in [-0.1, -0.05) is 30.3 Å². The van der Waals surface area contributed by atoms with E-state index in [9.17, 15) is 4.79 Å². The highest BCUT2D eigenvalue weighted by Gasteiger charge is 2.31. The molecule has 1 aromatic heterocycles. The Morgan fingerprint density at radius 3 is 2.96 bits per heavy atom. The molecule has 0 bridgehead atoms. The van der Waals surface area contributed by atoms with Gasteiger partial charge in [0.05, 0.1) is 25.8 Å². The van der Waals surface area contributed by atoms with Crippen molar-refractivity contribution < 1.29 is 13.9 Å². The molecule has 1 saturated heterocycles. The number of rotatable bonds is 4. The number of hydrogen-bond acceptors (Lipinski definition) is 3. The molecule has 2 aromatic carbocycles. The van der Waals surface area contributed by atoms with Gasteiger partial charge >= 0.3 is 0 Å². The van der Waals surface area contributed by atoms with Crippen LogP contribution >= 0.6 is 0 Å². The fourth-order valence-corrected chi connectivity index (χ4v) is 3.92. The van der Waals surface area contributed by atoms with Crippen LogP contribution in [-0.2, 0) is 11.2 Å². The first-order chi connectivity index (χ1) is 12.7. The summed E-state index contributed by atoms with van der Waals surface area (Å²) in [5.74, 6) is 0.989. The number of aryl methyl sites for hydroxylation is 1. The maximum absolute atomic E-state index is 13.1. The molecule has 134 valence electrons. The summed E-state index contributed by atoms with van der Waals surface area (Å²) in [7, 11) is 1.68. The molecule has 4 rings (SSSR count). The third kappa shape index (κ3) is 2.96. The van der Waals surface area contributed by atoms with Gasteiger partial charge < -0.3 is 14.1 Å². The molecule has 4 heteroatoms. The Bertz CT molecular complexity index is 943. The number of para-hydroxylation sites is 1. The Labute approximate surface area is 153 Å². The van der Waals surface area contributed by atoms with E-state index < -0.39 is 0 Å². The van der Waals surface area contributed by atoms with Gasteiger partial charge in [-0.05, 0) is 37.5 Å². The van der Waals surface area contributed by atoms with Crippen molar-refractivity contribution in [3.8, 4) is 5.75 Å². The third-order valence-corrected chi connectivity index (χ3v) is 5.22. The quantitative estimate of drug-likeness (QED) is 0.688. The van der Waals surface area contributed by atoms with Crippen molar-refractivity contribution in [1.29, 1.82) is 0 Å². The Hall–Kier alpha value is -2.75. The van der Waals surface area contributed by atoms with Crippen molar-refractivity contribution in [2.24, 2.45) is 0 Å². The van der Waals surface area contributed by atoms with Crippen molar-refractivity contribution in [1.82, 2.24) is 4.90 Å². The summed E-state index contributed by atoms with van der Waals surface area (Å²) in [5.41, 5.74) is 4.04. The first kappa shape index (κ1) is 16.7. The van der Waals surface area contributed by atoms with Crippen LogP contribution in [0.3, 0.4) is 0 Å². The molecule has 2 heterocycles. The SMILES string of the molecule is COc1ccccc1C1CCCN1C(=O)Cc1coc2cc(C)ccc12. The molecule has 26 heavy (non-hydrogen) atoms. The highest BCUT2D eigenvalue weighted by Crippen LogP contribution is 2.37. The van der Waals surface area contributed by atoms with Gasteiger partial charge in [-0.25, -0.2) is 0 Å². The van der Waals surface area contributed by atoms with Crippen LogP contribution in [0.5, 0.6) is 5.75 Å². The lowest BCUT2D eigenvalue weighted by atomic mass is 10.0. The summed E-state index contributed by atoms with van der Waals surface area (Å²) in [5, 5.41) is 1.02. The number of carbonyl (C=O) groups is 1. The van der Waals surface area contributed by atoms with Crippen molar-refractivity contribution in [3.05, 3.63) is 65.4 Å². The number of carbonyl (C=O) groups excluding carboxylic acids is 1. The van der Waals surface area contributed by atoms with E-state index in [4.69, 9.17) is 9.15 Å². The van der Waals surface area contributed by atoms with Crippen molar-refractivity contribution in [2.75, 3.05) is 13.7 Å². The number of fused-ring (bicyclic) bond motifs is 1. The maximum Gasteiger partial charge on any atom is 0.227 e. The maximum atomic E-state index is 13.1. The first-order valence-electron chi connectivity index (χ1n) is 9.06. The predicted molar refractivity (Wildman–Crippen MR) is 101 cm³/mol. The van der Waals surface area contributed by atoms with Gasteiger partial charge in [-0.15, -0.1) is 0 Å². The predicted octanol–water partition coefficient (Wildman–Crippen LogP) is 4.66. The van der Waals surface area contributed by atoms with Crippen LogP contribution in [0.25, 0.3) is 11.0 Å². The fourth-order valence-electron chi connectivity index (χ4n) is 3.92. The molecule has 1 atom stereocenters. The smallest absolute Gasteiger partial charge is 0.227 e. The normalized spacial score (nSPS) is 17.0. The van der Waals surface area contributed by atoms with Gasteiger partial charge in [0.2, 0.25) is 5.91 Å². The van der Waals surface area contributed by atoms with Crippen LogP contribution in [0.1, 0.15) is 35.6 Å². The van der Waals surface area contributed by atoms with Crippen LogP contribution in [-0.4, -0.2) is 24.5 Å². The zero-order valence-electron chi connectivity index (χ0n) is 15.2. The third-order valence-electron chi connectivity index (χ3n) is 5.22. The second-order valence-electron chi connectivity index (χ2n) is 6.92. The zero-order valence-corrected chi connectivity index (χ0v) is 15.2. The van der Waals surface area contributed by atoms with Crippen molar-refractivity contribution >= 4 is 16.9 Å². The number of benzene rings is 2. The molecule has 0 aliphatic carbocycles. The van der Waals surface area contributed by atoms with Gasteiger partial charge in [0.25, 0.3) is 0 Å². The molecule has 1 aliphatic rings. The monoisotopic (exact) mass is 349 g/mol. The zero-order chi connectivity index (χ0) is 18.1. The summed E-state index contributed by atoms with van der Waals surface area (Å²) >= 11 is 0. The Morgan fingerprint density at radius 1 is 1.27 bits per heavy atom. The standard InChI is InChI=1S/C22H23NO3/c1-15-9-10-17-16(14-26-21(17)12-15)13-22(24)23-11-5-7-19(23)18-6-3-4-8-20(18)25-2/h3-4,6,8-10,12,14,19H,5,7,11,13H2,1-2H3. The second-order valence-corrected chi connectivity index (χ2v) is 6.92. The molecule has 0 spiro atoms. The highest BCUT2D eigenvalue weighted by atomic mass is 16.5. The second kappa shape index (κ2) is 6.87. The van der Waals surface area contributed by atoms with E-state index in [2.05, 4.69) is 12.1 Å². The first-order valence-corrected chi connectivity index (χ1v) is 9.06. The Balaban J connectivity index is 1.58. The summed E-state index contributed by atoms with van der Waals surface area (Å²) < 4.78 is 11.2. The van der Waals surface area contributed by atoms with E-state index in [1.807, 2.05) is 42.2 Å². The molecule has 1 unspecified atom stereocenters. The lowest BCUT2D eigenvalue weighted by Gasteiger charge is -2.26. The van der Waals surface area contributed by atoms with Gasteiger partial charge in [0.15, 0.2) is 0 Å². The number of nitrogens with zero attached hydrogens (tertiary/aromatic N) is 1. The summed E-state index contributed by atoms with van der Waals surface area (Å²) in [6.45, 7) is 2.82. The molecule has 0 saturated carbocycles. The lowest BCUT2D eigenvalue weighted by molar-refractivity contribution is -0.131. The lowest BCUT2D eigenvalue weighted by Crippen LogP contribution is -2.32. The number of likely N-dealkylation sites (tertiary alicyclic amines) is 1. The fraction of sp³-hybridized carbons (Fsp3) is 0.318. The summed E-state index contributed by atoms with van der Waals surface area (Å²) in [4.78, 5) is 15.0. The average molecular weight is 349 g/mol. The van der Waals surface area contributed by atoms with E-state index >= 15 is 0 Å². The highest BCUT2D eigenvalue weighted by molar-refractivity contribution is 5.88. The van der Waals surface area contributed by atoms with Crippen LogP contribution in [0.2, 0.25) is 0 Å². The van der Waals surface area contributed by atoms with E-state index in [0.29, 0.717) is 6.42 Å². The Morgan fingerprint density at radius 2 is 2.12 bits per heavy atom. The van der Waals surface area contributed by atoms with Crippen molar-refractivity contribution in [3.63, 3.8) is 0 Å². The van der Waals surface area contributed by atoms with Crippen molar-refractivity contribution in [2.45, 2.75) is 32.2 Å². The summed E-state index contributed by atoms with van der Waals surface area (Å²) in [6, 6.07) is 14.2. The molecule has 0 radical (unpaired) electrons. The van der Waals surface area contributed by atoms with Gasteiger partial charge in [0, 0.05) is 23.1 Å². The van der Waals surface area contributed by atoms with Gasteiger partial charge in [-0.2, -0.15) is 0 Å². The van der Waals surface area contributed by atoms with E-state index in [1.165, 1.54) is 0 Å². The summed E-state index contributed by atoms with van der Waals surface area (Å²) in [6.07, 6.45) is 4.06. The number of furan rings is 1. The molecule has 4 nitrogen and oxygen atoms in total. The average Bonchev–Trinajstić information content (AvgIpc) is 3.29. The topological polar surface area (TPSA) is 42.7 Å². The minimum Gasteiger partial charge on any atom is -0.496 e. The minimum atomic E-state index is 0.0825. The number of hydrogen-bond donors (Lipinski definition) is 0. The largest absolute Gasteiger partial charge is 0.496 e. The van der Waals surface area contributed by atoms with Gasteiger partial charge in [-0.3, -0.25) is 4.79 Å². The van der Waals surface area contributed by atoms with Crippen LogP contribution in [0.4, 0.5) is 0 Å². The molecular weight excluding hydrogens is 326 g/mol. The Kier molecular flexibility index (Phi) is 4.41. The van der Waals surface area contributed by atoms with Crippen LogP contribution < -0.4 is 4.74 Å². The van der Waals surface area contributed by atoms with Crippen LogP contribution in [0, 0.1) is 6.92 Å².